The lowest BCUT2D eigenvalue weighted by atomic mass is 10.1. The van der Waals surface area contributed by atoms with E-state index in [1.807, 2.05) is 18.2 Å². The van der Waals surface area contributed by atoms with Crippen molar-refractivity contribution < 1.29 is 8.42 Å². The number of fused-ring (bicyclic) bond motifs is 2. The molecule has 3 rings (SSSR count). The first kappa shape index (κ1) is 14.8. The van der Waals surface area contributed by atoms with Crippen molar-refractivity contribution in [3.8, 4) is 0 Å². The van der Waals surface area contributed by atoms with Gasteiger partial charge in [-0.15, -0.1) is 0 Å². The summed E-state index contributed by atoms with van der Waals surface area (Å²) in [7, 11) is -2.85. The minimum atomic E-state index is -2.85. The van der Waals surface area contributed by atoms with E-state index in [1.54, 1.807) is 0 Å². The summed E-state index contributed by atoms with van der Waals surface area (Å²) >= 11 is 0. The predicted octanol–water partition coefficient (Wildman–Crippen LogP) is 2.74. The van der Waals surface area contributed by atoms with Crippen LogP contribution in [0.3, 0.4) is 0 Å². The third-order valence-electron chi connectivity index (χ3n) is 4.65. The van der Waals surface area contributed by atoms with Gasteiger partial charge in [0, 0.05) is 13.1 Å². The Bertz CT molecular complexity index is 621. The molecule has 2 atom stereocenters. The van der Waals surface area contributed by atoms with Crippen LogP contribution in [-0.4, -0.2) is 43.5 Å². The van der Waals surface area contributed by atoms with E-state index in [4.69, 9.17) is 0 Å². The molecule has 21 heavy (non-hydrogen) atoms. The summed E-state index contributed by atoms with van der Waals surface area (Å²) in [5.41, 5.74) is 2.50. The van der Waals surface area contributed by atoms with E-state index < -0.39 is 9.84 Å². The summed E-state index contributed by atoms with van der Waals surface area (Å²) in [6, 6.07) is 10.3. The summed E-state index contributed by atoms with van der Waals surface area (Å²) in [6.45, 7) is 4.61. The fraction of sp³-hybridized carbons (Fsp3) is 0.529. The predicted molar refractivity (Wildman–Crippen MR) is 86.9 cm³/mol. The van der Waals surface area contributed by atoms with Gasteiger partial charge in [-0.1, -0.05) is 42.0 Å². The first-order chi connectivity index (χ1) is 10.1. The second-order valence-corrected chi connectivity index (χ2v) is 8.85. The Balaban J connectivity index is 1.68. The lowest BCUT2D eigenvalue weighted by molar-refractivity contribution is 0.283. The van der Waals surface area contributed by atoms with Crippen molar-refractivity contribution >= 4 is 15.9 Å². The number of benzene rings is 1. The molecule has 0 spiro atoms. The standard InChI is InChI=1S/C17H23NO2S/c1-14(11-15-5-3-2-4-6-15)12-18-10-9-16-7-8-17(13-18)21(16,19)20/h2-6,11,16-17H,7-10,12-13H2,1H3/b14-11+. The molecule has 2 fully saturated rings. The number of likely N-dealkylation sites (tertiary alicyclic amines) is 1. The largest absolute Gasteiger partial charge is 0.298 e. The van der Waals surface area contributed by atoms with Crippen molar-refractivity contribution in [3.63, 3.8) is 0 Å². The monoisotopic (exact) mass is 305 g/mol. The maximum absolute atomic E-state index is 12.3. The zero-order valence-corrected chi connectivity index (χ0v) is 13.3. The molecule has 0 amide bonds. The Morgan fingerprint density at radius 2 is 1.90 bits per heavy atom. The van der Waals surface area contributed by atoms with E-state index in [0.29, 0.717) is 6.54 Å². The van der Waals surface area contributed by atoms with E-state index in [0.717, 1.165) is 32.4 Å². The molecule has 2 unspecified atom stereocenters. The molecular weight excluding hydrogens is 282 g/mol. The Morgan fingerprint density at radius 1 is 1.19 bits per heavy atom. The maximum atomic E-state index is 12.3. The van der Waals surface area contributed by atoms with Gasteiger partial charge in [0.1, 0.15) is 0 Å². The molecule has 4 heteroatoms. The molecule has 0 N–H and O–H groups in total. The molecule has 2 aliphatic rings. The minimum absolute atomic E-state index is 0.0779. The van der Waals surface area contributed by atoms with Crippen LogP contribution in [0, 0.1) is 0 Å². The molecule has 2 heterocycles. The number of hydrogen-bond acceptors (Lipinski definition) is 3. The van der Waals surface area contributed by atoms with Crippen molar-refractivity contribution in [1.29, 1.82) is 0 Å². The molecule has 3 nitrogen and oxygen atoms in total. The quantitative estimate of drug-likeness (QED) is 0.862. The Kier molecular flexibility index (Phi) is 4.18. The Morgan fingerprint density at radius 3 is 2.67 bits per heavy atom. The zero-order valence-electron chi connectivity index (χ0n) is 12.5. The third-order valence-corrected chi connectivity index (χ3v) is 7.37. The Labute approximate surface area is 127 Å². The highest BCUT2D eigenvalue weighted by Crippen LogP contribution is 2.33. The van der Waals surface area contributed by atoms with Crippen LogP contribution in [0.4, 0.5) is 0 Å². The van der Waals surface area contributed by atoms with E-state index in [1.165, 1.54) is 11.1 Å². The topological polar surface area (TPSA) is 37.4 Å². The SMILES string of the molecule is C/C(=C\c1ccccc1)CN1CCC2CCC(C1)S2(=O)=O. The van der Waals surface area contributed by atoms with Crippen LogP contribution in [0.15, 0.2) is 35.9 Å². The van der Waals surface area contributed by atoms with Gasteiger partial charge in [0.25, 0.3) is 0 Å². The van der Waals surface area contributed by atoms with Gasteiger partial charge in [-0.3, -0.25) is 4.90 Å². The van der Waals surface area contributed by atoms with Crippen LogP contribution < -0.4 is 0 Å². The van der Waals surface area contributed by atoms with Crippen LogP contribution in [0.1, 0.15) is 31.7 Å². The molecule has 114 valence electrons. The fourth-order valence-electron chi connectivity index (χ4n) is 3.56. The number of hydrogen-bond donors (Lipinski definition) is 0. The second kappa shape index (κ2) is 5.93. The van der Waals surface area contributed by atoms with Gasteiger partial charge in [0.15, 0.2) is 9.84 Å². The van der Waals surface area contributed by atoms with Crippen molar-refractivity contribution in [2.24, 2.45) is 0 Å². The average molecular weight is 305 g/mol. The van der Waals surface area contributed by atoms with E-state index in [2.05, 4.69) is 30.0 Å². The average Bonchev–Trinajstić information content (AvgIpc) is 2.63. The molecule has 2 aliphatic heterocycles. The van der Waals surface area contributed by atoms with Gasteiger partial charge in [-0.05, 0) is 38.3 Å². The third kappa shape index (κ3) is 3.22. The minimum Gasteiger partial charge on any atom is -0.298 e. The van der Waals surface area contributed by atoms with Gasteiger partial charge in [0.05, 0.1) is 10.5 Å². The molecule has 1 aromatic rings. The number of nitrogens with zero attached hydrogens (tertiary/aromatic N) is 1. The molecule has 1 aromatic carbocycles. The summed E-state index contributed by atoms with van der Waals surface area (Å²) < 4.78 is 24.6. The maximum Gasteiger partial charge on any atom is 0.157 e. The molecule has 2 saturated heterocycles. The number of rotatable bonds is 3. The van der Waals surface area contributed by atoms with Crippen molar-refractivity contribution in [2.45, 2.75) is 36.7 Å². The van der Waals surface area contributed by atoms with Crippen molar-refractivity contribution in [1.82, 2.24) is 4.90 Å². The van der Waals surface area contributed by atoms with Gasteiger partial charge in [-0.2, -0.15) is 0 Å². The van der Waals surface area contributed by atoms with Crippen LogP contribution in [0.25, 0.3) is 6.08 Å². The lowest BCUT2D eigenvalue weighted by Gasteiger charge is -2.23. The summed E-state index contributed by atoms with van der Waals surface area (Å²) in [5.74, 6) is 0. The molecule has 0 saturated carbocycles. The Hall–Kier alpha value is -1.13. The van der Waals surface area contributed by atoms with Crippen LogP contribution in [0.2, 0.25) is 0 Å². The van der Waals surface area contributed by atoms with Gasteiger partial charge >= 0.3 is 0 Å². The summed E-state index contributed by atoms with van der Waals surface area (Å²) in [5, 5.41) is -0.208. The smallest absolute Gasteiger partial charge is 0.157 e. The van der Waals surface area contributed by atoms with E-state index in [9.17, 15) is 8.42 Å². The molecule has 0 aliphatic carbocycles. The highest BCUT2D eigenvalue weighted by Gasteiger charge is 2.43. The lowest BCUT2D eigenvalue weighted by Crippen LogP contribution is -2.34. The van der Waals surface area contributed by atoms with Crippen molar-refractivity contribution in [2.75, 3.05) is 19.6 Å². The van der Waals surface area contributed by atoms with Gasteiger partial charge < -0.3 is 0 Å². The van der Waals surface area contributed by atoms with E-state index >= 15 is 0 Å². The fourth-order valence-corrected chi connectivity index (χ4v) is 5.88. The molecule has 0 radical (unpaired) electrons. The van der Waals surface area contributed by atoms with Crippen LogP contribution >= 0.6 is 0 Å². The molecular formula is C17H23NO2S. The highest BCUT2D eigenvalue weighted by atomic mass is 32.2. The summed E-state index contributed by atoms with van der Waals surface area (Å²) in [4.78, 5) is 2.32. The van der Waals surface area contributed by atoms with Crippen LogP contribution in [-0.2, 0) is 9.84 Å². The van der Waals surface area contributed by atoms with Gasteiger partial charge in [0.2, 0.25) is 0 Å². The molecule has 0 aromatic heterocycles. The van der Waals surface area contributed by atoms with Crippen molar-refractivity contribution in [3.05, 3.63) is 41.5 Å². The highest BCUT2D eigenvalue weighted by molar-refractivity contribution is 7.93. The van der Waals surface area contributed by atoms with Crippen LogP contribution in [0.5, 0.6) is 0 Å². The van der Waals surface area contributed by atoms with E-state index in [-0.39, 0.29) is 10.5 Å². The normalized spacial score (nSPS) is 29.3. The van der Waals surface area contributed by atoms with Gasteiger partial charge in [-0.25, -0.2) is 8.42 Å². The first-order valence-corrected chi connectivity index (χ1v) is 9.34. The number of sulfone groups is 1. The first-order valence-electron chi connectivity index (χ1n) is 7.73. The zero-order chi connectivity index (χ0) is 14.9. The summed E-state index contributed by atoms with van der Waals surface area (Å²) in [6.07, 6.45) is 4.72. The second-order valence-electron chi connectivity index (χ2n) is 6.34. The molecule has 2 bridgehead atoms.